The van der Waals surface area contributed by atoms with E-state index in [0.717, 1.165) is 45.5 Å². The fourth-order valence-electron chi connectivity index (χ4n) is 9.61. The lowest BCUT2D eigenvalue weighted by Gasteiger charge is -2.25. The van der Waals surface area contributed by atoms with Crippen molar-refractivity contribution in [2.75, 3.05) is 0 Å². The number of hydrogen-bond acceptors (Lipinski definition) is 2. The molecule has 0 radical (unpaired) electrons. The molecular weight excluding hydrogens is 703 g/mol. The van der Waals surface area contributed by atoms with Crippen LogP contribution in [0.2, 0.25) is 0 Å². The number of pyridine rings is 1. The third-order valence-corrected chi connectivity index (χ3v) is 12.1. The second-order valence-corrected chi connectivity index (χ2v) is 15.4. The average Bonchev–Trinajstić information content (AvgIpc) is 3.29. The fourth-order valence-corrected chi connectivity index (χ4v) is 9.61. The number of nitrogens with zero attached hydrogens (tertiary/aromatic N) is 1. The van der Waals surface area contributed by atoms with E-state index >= 15 is 0 Å². The quantitative estimate of drug-likeness (QED) is 0.168. The van der Waals surface area contributed by atoms with Gasteiger partial charge in [-0.3, -0.25) is 4.98 Å². The highest BCUT2D eigenvalue weighted by atomic mass is 16.5. The second-order valence-electron chi connectivity index (χ2n) is 15.4. The number of aromatic nitrogens is 1. The molecule has 2 nitrogen and oxygen atoms in total. The van der Waals surface area contributed by atoms with Crippen LogP contribution in [0.3, 0.4) is 0 Å². The summed E-state index contributed by atoms with van der Waals surface area (Å²) in [7, 11) is 0. The molecule has 2 heterocycles. The molecule has 10 aromatic carbocycles. The molecule has 270 valence electrons. The summed E-state index contributed by atoms with van der Waals surface area (Å²) < 4.78 is 7.19. The van der Waals surface area contributed by atoms with Gasteiger partial charge in [-0.2, -0.15) is 0 Å². The van der Waals surface area contributed by atoms with E-state index < -0.39 is 0 Å². The van der Waals surface area contributed by atoms with Gasteiger partial charge < -0.3 is 4.74 Å². The topological polar surface area (TPSA) is 22.1 Å². The lowest BCUT2D eigenvalue weighted by atomic mass is 9.84. The van der Waals surface area contributed by atoms with Crippen LogP contribution in [0.1, 0.15) is 11.1 Å². The first-order chi connectivity index (χ1) is 28.8. The van der Waals surface area contributed by atoms with Gasteiger partial charge in [0.05, 0.1) is 5.52 Å². The maximum atomic E-state index is 7.19. The van der Waals surface area contributed by atoms with Crippen molar-refractivity contribution in [3.05, 3.63) is 211 Å². The van der Waals surface area contributed by atoms with Crippen LogP contribution in [0, 0.1) is 0 Å². The van der Waals surface area contributed by atoms with Gasteiger partial charge in [0.2, 0.25) is 0 Å². The van der Waals surface area contributed by atoms with E-state index in [1.807, 2.05) is 12.3 Å². The Bertz CT molecular complexity index is 3340. The number of rotatable bonds is 4. The molecule has 0 fully saturated rings. The third-order valence-electron chi connectivity index (χ3n) is 12.1. The Hall–Kier alpha value is -7.55. The van der Waals surface area contributed by atoms with Crippen LogP contribution in [-0.2, 0) is 6.42 Å². The fraction of sp³-hybridized carbons (Fsp3) is 0.0179. The minimum atomic E-state index is 0.797. The van der Waals surface area contributed by atoms with Crippen molar-refractivity contribution < 1.29 is 4.74 Å². The van der Waals surface area contributed by atoms with E-state index in [2.05, 4.69) is 188 Å². The van der Waals surface area contributed by atoms with Gasteiger partial charge in [0.15, 0.2) is 0 Å². The second kappa shape index (κ2) is 13.0. The van der Waals surface area contributed by atoms with Crippen LogP contribution < -0.4 is 4.74 Å². The van der Waals surface area contributed by atoms with Gasteiger partial charge in [-0.1, -0.05) is 176 Å². The van der Waals surface area contributed by atoms with Crippen LogP contribution in [0.5, 0.6) is 11.5 Å². The molecule has 0 amide bonds. The molecule has 2 heteroatoms. The van der Waals surface area contributed by atoms with Gasteiger partial charge in [0.1, 0.15) is 11.5 Å². The number of fused-ring (bicyclic) bond motifs is 7. The number of benzene rings is 10. The van der Waals surface area contributed by atoms with Crippen LogP contribution in [0.15, 0.2) is 200 Å². The average molecular weight is 738 g/mol. The first kappa shape index (κ1) is 32.7. The Balaban J connectivity index is 1.04. The molecular formula is C56H35NO. The summed E-state index contributed by atoms with van der Waals surface area (Å²) in [6, 6.07) is 70.4. The summed E-state index contributed by atoms with van der Waals surface area (Å²) in [5.74, 6) is 1.84. The predicted octanol–water partition coefficient (Wildman–Crippen LogP) is 15.2. The molecule has 0 spiro atoms. The molecule has 11 aromatic rings. The highest BCUT2D eigenvalue weighted by molar-refractivity contribution is 6.23. The van der Waals surface area contributed by atoms with Crippen LogP contribution in [-0.4, -0.2) is 4.98 Å². The molecule has 0 unspecified atom stereocenters. The standard InChI is InChI=1S/C56H35NO/c1-2-14-36(15-3-1)52-41-18-4-6-20-43(41)54(44-21-7-5-19-42(44)52)39-30-28-37-32-40-16-12-26-49(56(40)58-51(37)34-39)55-47-24-10-8-22-45(47)53(46-23-9-11-25-48(46)55)38-29-27-35-17-13-31-57-50(35)33-38/h1-31,33-34H,32H2. The normalized spacial score (nSPS) is 12.2. The molecule has 58 heavy (non-hydrogen) atoms. The Labute approximate surface area is 336 Å². The molecule has 12 rings (SSSR count). The Morgan fingerprint density at radius 3 is 1.48 bits per heavy atom. The molecule has 0 N–H and O–H groups in total. The lowest BCUT2D eigenvalue weighted by molar-refractivity contribution is 0.462. The molecule has 1 aliphatic rings. The van der Waals surface area contributed by atoms with Crippen molar-refractivity contribution in [1.82, 2.24) is 4.98 Å². The van der Waals surface area contributed by atoms with E-state index in [-0.39, 0.29) is 0 Å². The zero-order chi connectivity index (χ0) is 38.2. The highest BCUT2D eigenvalue weighted by Crippen LogP contribution is 2.51. The van der Waals surface area contributed by atoms with Gasteiger partial charge in [-0.15, -0.1) is 0 Å². The molecule has 0 bridgehead atoms. The smallest absolute Gasteiger partial charge is 0.138 e. The predicted molar refractivity (Wildman–Crippen MR) is 243 cm³/mol. The van der Waals surface area contributed by atoms with Crippen molar-refractivity contribution in [2.45, 2.75) is 6.42 Å². The van der Waals surface area contributed by atoms with Crippen molar-refractivity contribution >= 4 is 54.0 Å². The molecule has 1 aromatic heterocycles. The molecule has 0 atom stereocenters. The largest absolute Gasteiger partial charge is 0.456 e. The van der Waals surface area contributed by atoms with Gasteiger partial charge in [-0.05, 0) is 106 Å². The van der Waals surface area contributed by atoms with E-state index in [1.165, 1.54) is 82.0 Å². The summed E-state index contributed by atoms with van der Waals surface area (Å²) in [5, 5.41) is 10.9. The monoisotopic (exact) mass is 737 g/mol. The lowest BCUT2D eigenvalue weighted by Crippen LogP contribution is -2.05. The zero-order valence-corrected chi connectivity index (χ0v) is 31.6. The molecule has 0 saturated carbocycles. The third kappa shape index (κ3) is 5.02. The SMILES string of the molecule is c1ccc(-c2c3ccccc3c(-c3ccc4c(c3)Oc3c(cccc3-c3c5ccccc5c(-c5ccc6cccnc6c5)c5ccccc35)C4)c3ccccc23)cc1. The summed E-state index contributed by atoms with van der Waals surface area (Å²) >= 11 is 0. The zero-order valence-electron chi connectivity index (χ0n) is 31.6. The number of hydrogen-bond donors (Lipinski definition) is 0. The first-order valence-corrected chi connectivity index (χ1v) is 20.0. The number of para-hydroxylation sites is 1. The molecule has 1 aliphatic heterocycles. The van der Waals surface area contributed by atoms with Crippen molar-refractivity contribution in [3.63, 3.8) is 0 Å². The Morgan fingerprint density at radius 2 is 0.879 bits per heavy atom. The van der Waals surface area contributed by atoms with Gasteiger partial charge in [0.25, 0.3) is 0 Å². The number of ether oxygens (including phenoxy) is 1. The van der Waals surface area contributed by atoms with Gasteiger partial charge in [0, 0.05) is 29.1 Å². The highest BCUT2D eigenvalue weighted by Gasteiger charge is 2.26. The van der Waals surface area contributed by atoms with Crippen molar-refractivity contribution in [1.29, 1.82) is 0 Å². The van der Waals surface area contributed by atoms with Crippen LogP contribution in [0.4, 0.5) is 0 Å². The van der Waals surface area contributed by atoms with E-state index in [9.17, 15) is 0 Å². The Morgan fingerprint density at radius 1 is 0.362 bits per heavy atom. The van der Waals surface area contributed by atoms with E-state index in [1.54, 1.807) is 0 Å². The van der Waals surface area contributed by atoms with Crippen molar-refractivity contribution in [3.8, 4) is 56.0 Å². The van der Waals surface area contributed by atoms with Gasteiger partial charge in [-0.25, -0.2) is 0 Å². The summed E-state index contributed by atoms with van der Waals surface area (Å²) in [6.07, 6.45) is 2.67. The van der Waals surface area contributed by atoms with Crippen LogP contribution >= 0.6 is 0 Å². The minimum Gasteiger partial charge on any atom is -0.456 e. The molecule has 0 saturated heterocycles. The van der Waals surface area contributed by atoms with Crippen LogP contribution in [0.25, 0.3) is 98.5 Å². The maximum absolute atomic E-state index is 7.19. The van der Waals surface area contributed by atoms with E-state index in [0.29, 0.717) is 0 Å². The minimum absolute atomic E-state index is 0.797. The summed E-state index contributed by atoms with van der Waals surface area (Å²) in [6.45, 7) is 0. The van der Waals surface area contributed by atoms with Gasteiger partial charge >= 0.3 is 0 Å². The van der Waals surface area contributed by atoms with Crippen molar-refractivity contribution in [2.24, 2.45) is 0 Å². The Kier molecular flexibility index (Phi) is 7.33. The summed E-state index contributed by atoms with van der Waals surface area (Å²) in [5.41, 5.74) is 12.9. The molecule has 0 aliphatic carbocycles. The van der Waals surface area contributed by atoms with E-state index in [4.69, 9.17) is 9.72 Å². The maximum Gasteiger partial charge on any atom is 0.138 e. The summed E-state index contributed by atoms with van der Waals surface area (Å²) in [4.78, 5) is 4.71. The first-order valence-electron chi connectivity index (χ1n) is 20.0.